The molecule has 0 saturated carbocycles. The first kappa shape index (κ1) is 23.4. The fraction of sp³-hybridized carbons (Fsp3) is 0.417. The third kappa shape index (κ3) is 5.91. The van der Waals surface area contributed by atoms with Gasteiger partial charge in [-0.3, -0.25) is 9.78 Å². The number of anilines is 2. The monoisotopic (exact) mass is 436 g/mol. The van der Waals surface area contributed by atoms with Gasteiger partial charge in [0.1, 0.15) is 17.3 Å². The van der Waals surface area contributed by atoms with Crippen LogP contribution in [0.4, 0.5) is 11.5 Å². The molecule has 32 heavy (non-hydrogen) atoms. The zero-order chi connectivity index (χ0) is 22.9. The number of rotatable bonds is 11. The van der Waals surface area contributed by atoms with Crippen LogP contribution < -0.4 is 15.4 Å². The summed E-state index contributed by atoms with van der Waals surface area (Å²) in [5.74, 6) is 1.02. The van der Waals surface area contributed by atoms with Crippen LogP contribution in [0.3, 0.4) is 0 Å². The Balaban J connectivity index is 1.59. The molecule has 3 rings (SSSR count). The maximum atomic E-state index is 12.7. The van der Waals surface area contributed by atoms with Crippen molar-refractivity contribution in [2.24, 2.45) is 0 Å². The van der Waals surface area contributed by atoms with E-state index in [1.807, 2.05) is 12.1 Å². The van der Waals surface area contributed by atoms with Crippen LogP contribution in [0.1, 0.15) is 44.1 Å². The molecule has 0 fully saturated rings. The third-order valence-corrected chi connectivity index (χ3v) is 5.48. The normalized spacial score (nSPS) is 12.0. The predicted molar refractivity (Wildman–Crippen MR) is 128 cm³/mol. The minimum Gasteiger partial charge on any atom is -0.496 e. The molecule has 2 N–H and O–H groups in total. The Morgan fingerprint density at radius 2 is 1.94 bits per heavy atom. The number of nitrogens with one attached hydrogen (secondary N) is 2. The first-order valence-corrected chi connectivity index (χ1v) is 11.1. The van der Waals surface area contributed by atoms with Crippen molar-refractivity contribution in [3.05, 3.63) is 48.5 Å². The molecule has 3 aromatic rings. The molecule has 1 unspecified atom stereocenters. The summed E-state index contributed by atoms with van der Waals surface area (Å²) in [5, 5.41) is 7.06. The lowest BCUT2D eigenvalue weighted by Crippen LogP contribution is -2.25. The Bertz CT molecular complexity index is 1020. The summed E-state index contributed by atoms with van der Waals surface area (Å²) >= 11 is 0. The highest BCUT2D eigenvalue weighted by atomic mass is 16.5. The molecular formula is C24H32N6O2. The van der Waals surface area contributed by atoms with Gasteiger partial charge in [-0.25, -0.2) is 9.97 Å². The fourth-order valence-corrected chi connectivity index (χ4v) is 3.62. The second kappa shape index (κ2) is 11.4. The predicted octanol–water partition coefficient (Wildman–Crippen LogP) is 4.21. The Morgan fingerprint density at radius 1 is 1.12 bits per heavy atom. The van der Waals surface area contributed by atoms with E-state index in [0.717, 1.165) is 37.9 Å². The van der Waals surface area contributed by atoms with Gasteiger partial charge in [-0.05, 0) is 63.7 Å². The Hall–Kier alpha value is -3.26. The minimum absolute atomic E-state index is 0.240. The van der Waals surface area contributed by atoms with Crippen LogP contribution in [-0.4, -0.2) is 58.5 Å². The summed E-state index contributed by atoms with van der Waals surface area (Å²) in [6.07, 6.45) is 6.92. The van der Waals surface area contributed by atoms with Gasteiger partial charge in [0.25, 0.3) is 5.91 Å². The van der Waals surface area contributed by atoms with Crippen molar-refractivity contribution in [2.45, 2.75) is 39.7 Å². The second-order valence-electron chi connectivity index (χ2n) is 7.67. The number of fused-ring (bicyclic) bond motifs is 1. The van der Waals surface area contributed by atoms with E-state index in [2.05, 4.69) is 51.3 Å². The molecule has 8 nitrogen and oxygen atoms in total. The summed E-state index contributed by atoms with van der Waals surface area (Å²) in [6.45, 7) is 9.76. The highest BCUT2D eigenvalue weighted by Gasteiger charge is 2.13. The quantitative estimate of drug-likeness (QED) is 0.465. The molecule has 170 valence electrons. The van der Waals surface area contributed by atoms with E-state index >= 15 is 0 Å². The maximum Gasteiger partial charge on any atom is 0.275 e. The molecule has 0 aliphatic rings. The molecule has 0 saturated heterocycles. The number of nitrogens with zero attached hydrogens (tertiary/aromatic N) is 4. The molecule has 1 aromatic carbocycles. The number of carbonyl (C=O) groups is 1. The van der Waals surface area contributed by atoms with E-state index in [9.17, 15) is 4.79 Å². The molecular weight excluding hydrogens is 404 g/mol. The number of hydrogen-bond donors (Lipinski definition) is 2. The Labute approximate surface area is 189 Å². The van der Waals surface area contributed by atoms with E-state index in [1.54, 1.807) is 31.6 Å². The molecule has 0 aliphatic carbocycles. The average molecular weight is 437 g/mol. The Kier molecular flexibility index (Phi) is 8.33. The second-order valence-corrected chi connectivity index (χ2v) is 7.67. The van der Waals surface area contributed by atoms with Crippen molar-refractivity contribution in [2.75, 3.05) is 37.4 Å². The zero-order valence-corrected chi connectivity index (χ0v) is 19.3. The van der Waals surface area contributed by atoms with E-state index in [-0.39, 0.29) is 17.6 Å². The van der Waals surface area contributed by atoms with Crippen molar-refractivity contribution in [3.8, 4) is 5.75 Å². The highest BCUT2D eigenvalue weighted by Crippen LogP contribution is 2.29. The van der Waals surface area contributed by atoms with Gasteiger partial charge < -0.3 is 20.3 Å². The molecule has 1 amide bonds. The van der Waals surface area contributed by atoms with Crippen LogP contribution in [0.15, 0.2) is 42.9 Å². The average Bonchev–Trinajstić information content (AvgIpc) is 2.82. The van der Waals surface area contributed by atoms with Crippen LogP contribution in [0.25, 0.3) is 10.9 Å². The van der Waals surface area contributed by atoms with Crippen LogP contribution in [0.2, 0.25) is 0 Å². The van der Waals surface area contributed by atoms with E-state index < -0.39 is 0 Å². The molecule has 8 heteroatoms. The smallest absolute Gasteiger partial charge is 0.275 e. The van der Waals surface area contributed by atoms with Gasteiger partial charge >= 0.3 is 0 Å². The van der Waals surface area contributed by atoms with Crippen molar-refractivity contribution in [3.63, 3.8) is 0 Å². The lowest BCUT2D eigenvalue weighted by atomic mass is 10.1. The molecule has 0 radical (unpaired) electrons. The number of amides is 1. The lowest BCUT2D eigenvalue weighted by Gasteiger charge is -2.20. The molecule has 0 spiro atoms. The summed E-state index contributed by atoms with van der Waals surface area (Å²) < 4.78 is 5.38. The zero-order valence-electron chi connectivity index (χ0n) is 19.3. The van der Waals surface area contributed by atoms with Crippen LogP contribution in [0.5, 0.6) is 5.75 Å². The van der Waals surface area contributed by atoms with Gasteiger partial charge in [-0.2, -0.15) is 0 Å². The van der Waals surface area contributed by atoms with E-state index in [0.29, 0.717) is 22.8 Å². The molecule has 1 atom stereocenters. The molecule has 2 aromatic heterocycles. The Morgan fingerprint density at radius 3 is 2.62 bits per heavy atom. The maximum absolute atomic E-state index is 12.7. The third-order valence-electron chi connectivity index (χ3n) is 5.48. The first-order chi connectivity index (χ1) is 15.5. The van der Waals surface area contributed by atoms with Gasteiger partial charge in [0.05, 0.1) is 30.7 Å². The number of methoxy groups -OCH3 is 1. The first-order valence-electron chi connectivity index (χ1n) is 11.1. The summed E-state index contributed by atoms with van der Waals surface area (Å²) in [4.78, 5) is 28.2. The van der Waals surface area contributed by atoms with Crippen molar-refractivity contribution in [1.29, 1.82) is 0 Å². The summed E-state index contributed by atoms with van der Waals surface area (Å²) in [7, 11) is 1.61. The number of hydrogen-bond acceptors (Lipinski definition) is 7. The lowest BCUT2D eigenvalue weighted by molar-refractivity contribution is 0.102. The van der Waals surface area contributed by atoms with Gasteiger partial charge in [0, 0.05) is 17.6 Å². The van der Waals surface area contributed by atoms with E-state index in [4.69, 9.17) is 4.74 Å². The van der Waals surface area contributed by atoms with Crippen LogP contribution >= 0.6 is 0 Å². The number of aromatic nitrogens is 3. The fourth-order valence-electron chi connectivity index (χ4n) is 3.62. The molecule has 0 bridgehead atoms. The molecule has 2 heterocycles. The number of ether oxygens (including phenoxy) is 1. The van der Waals surface area contributed by atoms with Crippen molar-refractivity contribution >= 4 is 28.3 Å². The summed E-state index contributed by atoms with van der Waals surface area (Å²) in [6, 6.07) is 7.59. The van der Waals surface area contributed by atoms with Crippen molar-refractivity contribution in [1.82, 2.24) is 19.9 Å². The van der Waals surface area contributed by atoms with Gasteiger partial charge in [-0.15, -0.1) is 0 Å². The summed E-state index contributed by atoms with van der Waals surface area (Å²) in [5.41, 5.74) is 1.49. The SMILES string of the molecule is CCN(CC)CCCC(C)Nc1cnc(C(=O)Nc2ccc(OC)c3cccnc23)cn1. The highest BCUT2D eigenvalue weighted by molar-refractivity contribution is 6.08. The number of carbonyl (C=O) groups excluding carboxylic acids is 1. The van der Waals surface area contributed by atoms with Crippen LogP contribution in [0, 0.1) is 0 Å². The van der Waals surface area contributed by atoms with Gasteiger partial charge in [0.2, 0.25) is 0 Å². The molecule has 0 aliphatic heterocycles. The van der Waals surface area contributed by atoms with Gasteiger partial charge in [0.15, 0.2) is 0 Å². The number of benzene rings is 1. The topological polar surface area (TPSA) is 92.3 Å². The van der Waals surface area contributed by atoms with E-state index in [1.165, 1.54) is 6.20 Å². The minimum atomic E-state index is -0.339. The largest absolute Gasteiger partial charge is 0.496 e. The van der Waals surface area contributed by atoms with Crippen molar-refractivity contribution < 1.29 is 9.53 Å². The van der Waals surface area contributed by atoms with Crippen LogP contribution in [-0.2, 0) is 0 Å². The van der Waals surface area contributed by atoms with Gasteiger partial charge in [-0.1, -0.05) is 13.8 Å². The number of pyridine rings is 1. The standard InChI is InChI=1S/C24H32N6O2/c1-5-30(6-2)14-8-9-17(3)28-22-16-26-20(15-27-22)24(31)29-19-11-12-21(32-4)18-10-7-13-25-23(18)19/h7,10-13,15-17H,5-6,8-9,14H2,1-4H3,(H,27,28)(H,29,31).